The highest BCUT2D eigenvalue weighted by atomic mass is 79.9. The summed E-state index contributed by atoms with van der Waals surface area (Å²) in [6, 6.07) is 26.1. The Hall–Kier alpha value is -3.18. The Bertz CT molecular complexity index is 986. The average Bonchev–Trinajstić information content (AvgIpc) is 2.73. The van der Waals surface area contributed by atoms with Crippen LogP contribution in [0.25, 0.3) is 6.08 Å². The van der Waals surface area contributed by atoms with E-state index in [9.17, 15) is 9.59 Å². The van der Waals surface area contributed by atoms with Crippen molar-refractivity contribution in [3.8, 4) is 0 Å². The van der Waals surface area contributed by atoms with E-state index in [-0.39, 0.29) is 17.5 Å². The van der Waals surface area contributed by atoms with E-state index in [2.05, 4.69) is 26.6 Å². The van der Waals surface area contributed by atoms with Crippen molar-refractivity contribution in [2.45, 2.75) is 6.54 Å². The molecule has 4 nitrogen and oxygen atoms in total. The molecule has 3 rings (SSSR count). The number of hydrogen-bond acceptors (Lipinski definition) is 2. The first kappa shape index (κ1) is 19.6. The van der Waals surface area contributed by atoms with Gasteiger partial charge in [-0.2, -0.15) is 0 Å². The molecule has 28 heavy (non-hydrogen) atoms. The highest BCUT2D eigenvalue weighted by Crippen LogP contribution is 2.16. The second kappa shape index (κ2) is 9.67. The lowest BCUT2D eigenvalue weighted by molar-refractivity contribution is -0.117. The fraction of sp³-hybridized carbons (Fsp3) is 0.0435. The van der Waals surface area contributed by atoms with Gasteiger partial charge in [-0.1, -0.05) is 72.8 Å². The maximum Gasteiger partial charge on any atom is 0.268 e. The van der Waals surface area contributed by atoms with Crippen molar-refractivity contribution >= 4 is 33.8 Å². The van der Waals surface area contributed by atoms with Crippen LogP contribution >= 0.6 is 15.9 Å². The lowest BCUT2D eigenvalue weighted by Crippen LogP contribution is -2.34. The van der Waals surface area contributed by atoms with Gasteiger partial charge in [0.1, 0.15) is 5.70 Å². The monoisotopic (exact) mass is 434 g/mol. The van der Waals surface area contributed by atoms with E-state index in [1.54, 1.807) is 24.3 Å². The van der Waals surface area contributed by atoms with Gasteiger partial charge in [0.2, 0.25) is 0 Å². The summed E-state index contributed by atoms with van der Waals surface area (Å²) in [4.78, 5) is 25.4. The Morgan fingerprint density at radius 2 is 1.43 bits per heavy atom. The molecule has 0 spiro atoms. The normalized spacial score (nSPS) is 11.0. The predicted octanol–water partition coefficient (Wildman–Crippen LogP) is 4.54. The molecule has 0 saturated carbocycles. The molecule has 2 amide bonds. The second-order valence-electron chi connectivity index (χ2n) is 6.07. The quantitative estimate of drug-likeness (QED) is 0.559. The number of benzene rings is 3. The Labute approximate surface area is 172 Å². The third kappa shape index (κ3) is 5.41. The number of nitrogens with one attached hydrogen (secondary N) is 2. The van der Waals surface area contributed by atoms with Gasteiger partial charge < -0.3 is 10.6 Å². The zero-order valence-corrected chi connectivity index (χ0v) is 16.6. The van der Waals surface area contributed by atoms with E-state index in [0.29, 0.717) is 16.6 Å². The molecule has 0 radical (unpaired) electrons. The van der Waals surface area contributed by atoms with E-state index < -0.39 is 0 Å². The number of amides is 2. The second-order valence-corrected chi connectivity index (χ2v) is 6.93. The molecule has 0 aliphatic rings. The maximum atomic E-state index is 12.8. The maximum absolute atomic E-state index is 12.8. The third-order valence-corrected chi connectivity index (χ3v) is 4.71. The minimum absolute atomic E-state index is 0.183. The van der Waals surface area contributed by atoms with Gasteiger partial charge in [-0.25, -0.2) is 0 Å². The summed E-state index contributed by atoms with van der Waals surface area (Å²) in [5, 5.41) is 5.60. The zero-order chi connectivity index (χ0) is 19.8. The first-order valence-corrected chi connectivity index (χ1v) is 9.57. The van der Waals surface area contributed by atoms with Gasteiger partial charge >= 0.3 is 0 Å². The molecule has 2 N–H and O–H groups in total. The van der Waals surface area contributed by atoms with Gasteiger partial charge in [0.05, 0.1) is 5.56 Å². The van der Waals surface area contributed by atoms with Crippen LogP contribution in [0.1, 0.15) is 21.5 Å². The minimum atomic E-state index is -0.357. The molecule has 140 valence electrons. The third-order valence-electron chi connectivity index (χ3n) is 4.02. The van der Waals surface area contributed by atoms with Gasteiger partial charge in [-0.3, -0.25) is 9.59 Å². The summed E-state index contributed by atoms with van der Waals surface area (Å²) in [6.07, 6.45) is 1.66. The van der Waals surface area contributed by atoms with E-state index in [0.717, 1.165) is 11.1 Å². The predicted molar refractivity (Wildman–Crippen MR) is 114 cm³/mol. The summed E-state index contributed by atoms with van der Waals surface area (Å²) >= 11 is 3.37. The van der Waals surface area contributed by atoms with Crippen molar-refractivity contribution in [1.29, 1.82) is 0 Å². The largest absolute Gasteiger partial charge is 0.347 e. The molecule has 0 aliphatic carbocycles. The lowest BCUT2D eigenvalue weighted by Gasteiger charge is -2.12. The summed E-state index contributed by atoms with van der Waals surface area (Å²) in [5.74, 6) is -0.711. The molecule has 5 heteroatoms. The van der Waals surface area contributed by atoms with Crippen LogP contribution in [-0.2, 0) is 11.3 Å². The fourth-order valence-electron chi connectivity index (χ4n) is 2.58. The smallest absolute Gasteiger partial charge is 0.268 e. The summed E-state index contributed by atoms with van der Waals surface area (Å²) in [5.41, 5.74) is 2.44. The number of carbonyl (C=O) groups excluding carboxylic acids is 2. The number of carbonyl (C=O) groups is 2. The van der Waals surface area contributed by atoms with E-state index in [1.807, 2.05) is 66.7 Å². The van der Waals surface area contributed by atoms with Gasteiger partial charge in [-0.15, -0.1) is 0 Å². The number of halogens is 1. The topological polar surface area (TPSA) is 58.2 Å². The molecule has 0 atom stereocenters. The van der Waals surface area contributed by atoms with Gasteiger partial charge in [-0.05, 0) is 45.3 Å². The molecule has 0 bridgehead atoms. The van der Waals surface area contributed by atoms with Crippen LogP contribution in [0.5, 0.6) is 0 Å². The summed E-state index contributed by atoms with van der Waals surface area (Å²) < 4.78 is 0.663. The van der Waals surface area contributed by atoms with Crippen molar-refractivity contribution in [3.63, 3.8) is 0 Å². The Morgan fingerprint density at radius 1 is 0.821 bits per heavy atom. The molecule has 0 aliphatic heterocycles. The molecular formula is C23H19BrN2O2. The van der Waals surface area contributed by atoms with Gasteiger partial charge in [0.15, 0.2) is 0 Å². The Kier molecular flexibility index (Phi) is 6.76. The number of rotatable bonds is 6. The molecule has 0 saturated heterocycles. The first-order chi connectivity index (χ1) is 13.6. The van der Waals surface area contributed by atoms with E-state index >= 15 is 0 Å². The number of hydrogen-bond donors (Lipinski definition) is 2. The lowest BCUT2D eigenvalue weighted by atomic mass is 10.1. The van der Waals surface area contributed by atoms with Crippen LogP contribution in [0.3, 0.4) is 0 Å². The molecule has 0 heterocycles. The summed E-state index contributed by atoms with van der Waals surface area (Å²) in [7, 11) is 0. The van der Waals surface area contributed by atoms with Crippen molar-refractivity contribution in [2.75, 3.05) is 0 Å². The van der Waals surface area contributed by atoms with Crippen LogP contribution in [0, 0.1) is 0 Å². The zero-order valence-electron chi connectivity index (χ0n) is 15.1. The SMILES string of the molecule is O=C(NCc1ccccc1)/C(=C/c1ccccc1)NC(=O)c1ccccc1Br. The van der Waals surface area contributed by atoms with Crippen molar-refractivity contribution < 1.29 is 9.59 Å². The first-order valence-electron chi connectivity index (χ1n) is 8.78. The van der Waals surface area contributed by atoms with E-state index in [4.69, 9.17) is 0 Å². The highest BCUT2D eigenvalue weighted by molar-refractivity contribution is 9.10. The van der Waals surface area contributed by atoms with Crippen molar-refractivity contribution in [3.05, 3.63) is 112 Å². The molecule has 3 aromatic rings. The van der Waals surface area contributed by atoms with Crippen LogP contribution in [0.15, 0.2) is 95.1 Å². The van der Waals surface area contributed by atoms with Crippen LogP contribution in [0.4, 0.5) is 0 Å². The summed E-state index contributed by atoms with van der Waals surface area (Å²) in [6.45, 7) is 0.372. The molecule has 3 aromatic carbocycles. The van der Waals surface area contributed by atoms with Crippen LogP contribution in [0.2, 0.25) is 0 Å². The average molecular weight is 435 g/mol. The van der Waals surface area contributed by atoms with E-state index in [1.165, 1.54) is 0 Å². The fourth-order valence-corrected chi connectivity index (χ4v) is 3.05. The Balaban J connectivity index is 1.81. The van der Waals surface area contributed by atoms with Gasteiger partial charge in [0.25, 0.3) is 11.8 Å². The van der Waals surface area contributed by atoms with Crippen molar-refractivity contribution in [2.24, 2.45) is 0 Å². The molecule has 0 unspecified atom stereocenters. The highest BCUT2D eigenvalue weighted by Gasteiger charge is 2.16. The minimum Gasteiger partial charge on any atom is -0.347 e. The van der Waals surface area contributed by atoms with Crippen molar-refractivity contribution in [1.82, 2.24) is 10.6 Å². The molecular weight excluding hydrogens is 416 g/mol. The standard InChI is InChI=1S/C23H19BrN2O2/c24-20-14-8-7-13-19(20)22(27)26-21(15-17-9-3-1-4-10-17)23(28)25-16-18-11-5-2-6-12-18/h1-15H,16H2,(H,25,28)(H,26,27)/b21-15-. The van der Waals surface area contributed by atoms with Gasteiger partial charge in [0, 0.05) is 11.0 Å². The Morgan fingerprint density at radius 3 is 2.11 bits per heavy atom. The van der Waals surface area contributed by atoms with Crippen LogP contribution < -0.4 is 10.6 Å². The molecule has 0 fully saturated rings. The van der Waals surface area contributed by atoms with Crippen LogP contribution in [-0.4, -0.2) is 11.8 Å². The molecule has 0 aromatic heterocycles.